The van der Waals surface area contributed by atoms with Crippen LogP contribution < -0.4 is 0 Å². The molecule has 0 amide bonds. The Kier molecular flexibility index (Phi) is 3.17. The van der Waals surface area contributed by atoms with Crippen molar-refractivity contribution >= 4 is 0 Å². The molecule has 21 heavy (non-hydrogen) atoms. The lowest BCUT2D eigenvalue weighted by molar-refractivity contribution is -0.137. The Morgan fingerprint density at radius 3 is 2.67 bits per heavy atom. The standard InChI is InChI=1S/C14H9F3N4/c15-14(16,17)10-3-1-2-9(6-10)13-11(7-20-21-13)12-4-5-18-8-19-12/h1-8H,(H,20,21). The van der Waals surface area contributed by atoms with Crippen molar-refractivity contribution in [2.24, 2.45) is 0 Å². The summed E-state index contributed by atoms with van der Waals surface area (Å²) in [5.41, 5.74) is 1.29. The molecule has 3 aromatic rings. The van der Waals surface area contributed by atoms with Gasteiger partial charge >= 0.3 is 6.18 Å². The van der Waals surface area contributed by atoms with Crippen LogP contribution in [0.3, 0.4) is 0 Å². The van der Waals surface area contributed by atoms with E-state index in [1.807, 2.05) is 0 Å². The van der Waals surface area contributed by atoms with Gasteiger partial charge in [-0.1, -0.05) is 12.1 Å². The van der Waals surface area contributed by atoms with Crippen LogP contribution in [-0.4, -0.2) is 20.2 Å². The summed E-state index contributed by atoms with van der Waals surface area (Å²) in [5, 5.41) is 6.70. The average molecular weight is 290 g/mol. The van der Waals surface area contributed by atoms with E-state index in [4.69, 9.17) is 0 Å². The predicted octanol–water partition coefficient (Wildman–Crippen LogP) is 3.55. The smallest absolute Gasteiger partial charge is 0.284 e. The van der Waals surface area contributed by atoms with Gasteiger partial charge in [0.05, 0.1) is 11.3 Å². The van der Waals surface area contributed by atoms with Crippen molar-refractivity contribution in [3.63, 3.8) is 0 Å². The zero-order chi connectivity index (χ0) is 14.9. The van der Waals surface area contributed by atoms with Gasteiger partial charge in [-0.3, -0.25) is 5.10 Å². The lowest BCUT2D eigenvalue weighted by atomic mass is 10.0. The van der Waals surface area contributed by atoms with Crippen LogP contribution in [0.25, 0.3) is 22.5 Å². The Balaban J connectivity index is 2.09. The van der Waals surface area contributed by atoms with Gasteiger partial charge in [-0.25, -0.2) is 9.97 Å². The molecule has 3 rings (SSSR count). The molecule has 0 aliphatic rings. The number of hydrogen-bond acceptors (Lipinski definition) is 3. The third-order valence-corrected chi connectivity index (χ3v) is 2.96. The van der Waals surface area contributed by atoms with Gasteiger partial charge in [-0.2, -0.15) is 18.3 Å². The molecule has 2 heterocycles. The minimum absolute atomic E-state index is 0.375. The molecule has 1 N–H and O–H groups in total. The van der Waals surface area contributed by atoms with Gasteiger partial charge in [0.25, 0.3) is 0 Å². The highest BCUT2D eigenvalue weighted by atomic mass is 19.4. The van der Waals surface area contributed by atoms with E-state index in [0.29, 0.717) is 22.5 Å². The molecule has 4 nitrogen and oxygen atoms in total. The molecule has 0 radical (unpaired) electrons. The number of hydrogen-bond donors (Lipinski definition) is 1. The van der Waals surface area contributed by atoms with Crippen molar-refractivity contribution in [3.8, 4) is 22.5 Å². The van der Waals surface area contributed by atoms with Crippen LogP contribution in [0.4, 0.5) is 13.2 Å². The first-order valence-corrected chi connectivity index (χ1v) is 6.03. The number of rotatable bonds is 2. The van der Waals surface area contributed by atoms with Gasteiger partial charge in [-0.05, 0) is 18.2 Å². The second-order valence-corrected chi connectivity index (χ2v) is 4.32. The third kappa shape index (κ3) is 2.62. The van der Waals surface area contributed by atoms with Crippen molar-refractivity contribution in [2.75, 3.05) is 0 Å². The maximum absolute atomic E-state index is 12.8. The third-order valence-electron chi connectivity index (χ3n) is 2.96. The largest absolute Gasteiger partial charge is 0.416 e. The van der Waals surface area contributed by atoms with Crippen LogP contribution in [0.5, 0.6) is 0 Å². The second-order valence-electron chi connectivity index (χ2n) is 4.32. The fraction of sp³-hybridized carbons (Fsp3) is 0.0714. The van der Waals surface area contributed by atoms with Crippen molar-refractivity contribution in [1.29, 1.82) is 0 Å². The van der Waals surface area contributed by atoms with E-state index >= 15 is 0 Å². The molecule has 0 saturated carbocycles. The summed E-state index contributed by atoms with van der Waals surface area (Å²) in [5.74, 6) is 0. The summed E-state index contributed by atoms with van der Waals surface area (Å²) in [7, 11) is 0. The summed E-state index contributed by atoms with van der Waals surface area (Å²) in [6, 6.07) is 6.70. The number of aromatic nitrogens is 4. The quantitative estimate of drug-likeness (QED) is 0.785. The monoisotopic (exact) mass is 290 g/mol. The van der Waals surface area contributed by atoms with Gasteiger partial charge in [0.1, 0.15) is 12.0 Å². The van der Waals surface area contributed by atoms with Crippen LogP contribution in [0.1, 0.15) is 5.56 Å². The van der Waals surface area contributed by atoms with Gasteiger partial charge in [-0.15, -0.1) is 0 Å². The molecule has 106 valence electrons. The molecule has 0 saturated heterocycles. The minimum atomic E-state index is -4.39. The first-order chi connectivity index (χ1) is 10.1. The summed E-state index contributed by atoms with van der Waals surface area (Å²) in [6.07, 6.45) is 0.142. The van der Waals surface area contributed by atoms with Crippen molar-refractivity contribution < 1.29 is 13.2 Å². The Labute approximate surface area is 117 Å². The number of nitrogens with zero attached hydrogens (tertiary/aromatic N) is 3. The SMILES string of the molecule is FC(F)(F)c1cccc(-c2n[nH]cc2-c2ccncn2)c1. The van der Waals surface area contributed by atoms with Gasteiger partial charge in [0.15, 0.2) is 0 Å². The molecular weight excluding hydrogens is 281 g/mol. The molecule has 0 atom stereocenters. The van der Waals surface area contributed by atoms with Crippen molar-refractivity contribution in [2.45, 2.75) is 6.18 Å². The number of halogens is 3. The Hall–Kier alpha value is -2.70. The molecule has 0 unspecified atom stereocenters. The summed E-state index contributed by atoms with van der Waals surface area (Å²) < 4.78 is 38.4. The van der Waals surface area contributed by atoms with E-state index in [-0.39, 0.29) is 0 Å². The van der Waals surface area contributed by atoms with E-state index < -0.39 is 11.7 Å². The Morgan fingerprint density at radius 1 is 1.10 bits per heavy atom. The normalized spacial score (nSPS) is 11.6. The van der Waals surface area contributed by atoms with Crippen LogP contribution in [-0.2, 0) is 6.18 Å². The zero-order valence-electron chi connectivity index (χ0n) is 10.6. The molecule has 0 bridgehead atoms. The van der Waals surface area contributed by atoms with Gasteiger partial charge < -0.3 is 0 Å². The van der Waals surface area contributed by atoms with E-state index in [1.165, 1.54) is 12.4 Å². The number of benzene rings is 1. The van der Waals surface area contributed by atoms with E-state index in [9.17, 15) is 13.2 Å². The van der Waals surface area contributed by atoms with Crippen LogP contribution >= 0.6 is 0 Å². The first kappa shape index (κ1) is 13.3. The molecule has 0 spiro atoms. The molecule has 7 heteroatoms. The van der Waals surface area contributed by atoms with Crippen LogP contribution in [0, 0.1) is 0 Å². The topological polar surface area (TPSA) is 54.5 Å². The average Bonchev–Trinajstić information content (AvgIpc) is 2.97. The van der Waals surface area contributed by atoms with E-state index in [2.05, 4.69) is 20.2 Å². The van der Waals surface area contributed by atoms with Gasteiger partial charge in [0.2, 0.25) is 0 Å². The van der Waals surface area contributed by atoms with Crippen molar-refractivity contribution in [3.05, 3.63) is 54.6 Å². The first-order valence-electron chi connectivity index (χ1n) is 6.03. The molecule has 0 aliphatic carbocycles. The van der Waals surface area contributed by atoms with Crippen LogP contribution in [0.2, 0.25) is 0 Å². The highest BCUT2D eigenvalue weighted by Crippen LogP contribution is 2.34. The number of H-pyrrole nitrogens is 1. The maximum atomic E-state index is 12.8. The highest BCUT2D eigenvalue weighted by Gasteiger charge is 2.30. The summed E-state index contributed by atoms with van der Waals surface area (Å²) in [4.78, 5) is 7.90. The molecule has 0 aliphatic heterocycles. The Morgan fingerprint density at radius 2 is 1.95 bits per heavy atom. The summed E-state index contributed by atoms with van der Waals surface area (Å²) >= 11 is 0. The molecule has 2 aromatic heterocycles. The fourth-order valence-corrected chi connectivity index (χ4v) is 2.00. The van der Waals surface area contributed by atoms with E-state index in [0.717, 1.165) is 12.1 Å². The second kappa shape index (κ2) is 5.01. The maximum Gasteiger partial charge on any atom is 0.416 e. The lowest BCUT2D eigenvalue weighted by Gasteiger charge is -2.08. The number of aromatic amines is 1. The number of alkyl halides is 3. The molecular formula is C14H9F3N4. The predicted molar refractivity (Wildman–Crippen MR) is 70.1 cm³/mol. The van der Waals surface area contributed by atoms with Crippen molar-refractivity contribution in [1.82, 2.24) is 20.2 Å². The highest BCUT2D eigenvalue weighted by molar-refractivity contribution is 5.78. The number of nitrogens with one attached hydrogen (secondary N) is 1. The molecule has 0 fully saturated rings. The summed E-state index contributed by atoms with van der Waals surface area (Å²) in [6.45, 7) is 0. The minimum Gasteiger partial charge on any atom is -0.284 e. The fourth-order valence-electron chi connectivity index (χ4n) is 2.00. The van der Waals surface area contributed by atoms with Gasteiger partial charge in [0, 0.05) is 23.5 Å². The zero-order valence-corrected chi connectivity index (χ0v) is 10.6. The Bertz CT molecular complexity index is 750. The molecule has 1 aromatic carbocycles. The van der Waals surface area contributed by atoms with Crippen LogP contribution in [0.15, 0.2) is 49.1 Å². The lowest BCUT2D eigenvalue weighted by Crippen LogP contribution is -2.04. The van der Waals surface area contributed by atoms with E-state index in [1.54, 1.807) is 24.5 Å².